The summed E-state index contributed by atoms with van der Waals surface area (Å²) in [6, 6.07) is 10.8. The summed E-state index contributed by atoms with van der Waals surface area (Å²) in [5, 5.41) is 11.9. The third kappa shape index (κ3) is 2.38. The van der Waals surface area contributed by atoms with Gasteiger partial charge < -0.3 is 21.1 Å². The monoisotopic (exact) mass is 310 g/mol. The molecule has 0 aliphatic heterocycles. The maximum Gasteiger partial charge on any atom is 0.280 e. The first-order valence-corrected chi connectivity index (χ1v) is 7.29. The molecule has 0 saturated carbocycles. The van der Waals surface area contributed by atoms with Gasteiger partial charge in [0.1, 0.15) is 5.75 Å². The summed E-state index contributed by atoms with van der Waals surface area (Å²) < 4.78 is 2.08. The second kappa shape index (κ2) is 5.31. The Morgan fingerprint density at radius 1 is 1.17 bits per heavy atom. The van der Waals surface area contributed by atoms with Gasteiger partial charge in [-0.05, 0) is 38.1 Å². The highest BCUT2D eigenvalue weighted by Crippen LogP contribution is 2.37. The maximum atomic E-state index is 12.1. The number of aromatic nitrogens is 1. The normalized spacial score (nSPS) is 11.3. The van der Waals surface area contributed by atoms with Gasteiger partial charge in [-0.2, -0.15) is 4.99 Å². The van der Waals surface area contributed by atoms with E-state index in [1.807, 2.05) is 26.0 Å². The van der Waals surface area contributed by atoms with Gasteiger partial charge in [-0.25, -0.2) is 0 Å². The van der Waals surface area contributed by atoms with Gasteiger partial charge in [-0.1, -0.05) is 12.1 Å². The number of hydrogen-bond donors (Lipinski definition) is 3. The highest BCUT2D eigenvalue weighted by Gasteiger charge is 2.17. The number of aromatic hydroxyl groups is 1. The number of rotatable bonds is 2. The van der Waals surface area contributed by atoms with Gasteiger partial charge in [-0.15, -0.1) is 0 Å². The summed E-state index contributed by atoms with van der Waals surface area (Å²) in [5.74, 6) is -0.538. The molecule has 5 N–H and O–H groups in total. The molecule has 1 amide bonds. The molecule has 0 aliphatic rings. The molecule has 23 heavy (non-hydrogen) atoms. The lowest BCUT2D eigenvalue weighted by molar-refractivity contribution is 0.100. The standard InChI is InChI=1S/C17H18N4O2/c1-9(2)21-12-4-3-5-14(22)15(12)11-7-6-10(8-13(11)21)16(23)20-17(18)19/h3-9,22H,1-2H3,(H4,18,19,20,23). The molecule has 0 bridgehead atoms. The lowest BCUT2D eigenvalue weighted by atomic mass is 10.1. The van der Waals surface area contributed by atoms with Crippen molar-refractivity contribution in [2.75, 3.05) is 0 Å². The van der Waals surface area contributed by atoms with Gasteiger partial charge in [-0.3, -0.25) is 4.79 Å². The lowest BCUT2D eigenvalue weighted by Crippen LogP contribution is -2.24. The van der Waals surface area contributed by atoms with Crippen LogP contribution in [0.3, 0.4) is 0 Å². The molecule has 3 rings (SSSR count). The first-order valence-electron chi connectivity index (χ1n) is 7.29. The molecule has 1 heterocycles. The van der Waals surface area contributed by atoms with Crippen molar-refractivity contribution >= 4 is 33.7 Å². The van der Waals surface area contributed by atoms with Crippen LogP contribution in [-0.2, 0) is 0 Å². The second-order valence-corrected chi connectivity index (χ2v) is 5.71. The molecular formula is C17H18N4O2. The van der Waals surface area contributed by atoms with E-state index in [0.717, 1.165) is 21.8 Å². The Labute approximate surface area is 133 Å². The average molecular weight is 310 g/mol. The highest BCUT2D eigenvalue weighted by atomic mass is 16.3. The number of aliphatic imine (C=N–C) groups is 1. The van der Waals surface area contributed by atoms with Crippen LogP contribution in [0.5, 0.6) is 5.75 Å². The number of hydrogen-bond acceptors (Lipinski definition) is 2. The first-order chi connectivity index (χ1) is 10.9. The van der Waals surface area contributed by atoms with E-state index in [-0.39, 0.29) is 17.8 Å². The third-order valence-corrected chi connectivity index (χ3v) is 3.80. The number of fused-ring (bicyclic) bond motifs is 3. The molecule has 0 saturated heterocycles. The van der Waals surface area contributed by atoms with Crippen LogP contribution in [0.2, 0.25) is 0 Å². The highest BCUT2D eigenvalue weighted by molar-refractivity contribution is 6.13. The fourth-order valence-corrected chi connectivity index (χ4v) is 2.95. The van der Waals surface area contributed by atoms with E-state index in [1.165, 1.54) is 0 Å². The molecule has 6 heteroatoms. The molecule has 0 aliphatic carbocycles. The van der Waals surface area contributed by atoms with Crippen LogP contribution >= 0.6 is 0 Å². The minimum absolute atomic E-state index is 0.158. The molecular weight excluding hydrogens is 292 g/mol. The minimum Gasteiger partial charge on any atom is -0.507 e. The van der Waals surface area contributed by atoms with E-state index in [0.29, 0.717) is 5.56 Å². The Balaban J connectivity index is 2.37. The Kier molecular flexibility index (Phi) is 3.44. The van der Waals surface area contributed by atoms with Crippen molar-refractivity contribution in [3.05, 3.63) is 42.0 Å². The van der Waals surface area contributed by atoms with E-state index in [2.05, 4.69) is 9.56 Å². The zero-order valence-corrected chi connectivity index (χ0v) is 12.9. The third-order valence-electron chi connectivity index (χ3n) is 3.80. The number of guanidine groups is 1. The summed E-state index contributed by atoms with van der Waals surface area (Å²) >= 11 is 0. The smallest absolute Gasteiger partial charge is 0.280 e. The number of phenols is 1. The zero-order chi connectivity index (χ0) is 16.7. The Morgan fingerprint density at radius 2 is 1.91 bits per heavy atom. The van der Waals surface area contributed by atoms with Gasteiger partial charge in [0.2, 0.25) is 0 Å². The van der Waals surface area contributed by atoms with Crippen LogP contribution < -0.4 is 11.5 Å². The van der Waals surface area contributed by atoms with Crippen LogP contribution in [0.4, 0.5) is 0 Å². The predicted molar refractivity (Wildman–Crippen MR) is 91.6 cm³/mol. The molecule has 3 aromatic rings. The van der Waals surface area contributed by atoms with Crippen LogP contribution in [-0.4, -0.2) is 21.5 Å². The zero-order valence-electron chi connectivity index (χ0n) is 12.9. The van der Waals surface area contributed by atoms with E-state index < -0.39 is 5.91 Å². The summed E-state index contributed by atoms with van der Waals surface area (Å²) in [5.41, 5.74) is 12.7. The number of nitrogens with two attached hydrogens (primary N) is 2. The molecule has 0 atom stereocenters. The van der Waals surface area contributed by atoms with Gasteiger partial charge in [0.25, 0.3) is 5.91 Å². The molecule has 0 fully saturated rings. The van der Waals surface area contributed by atoms with Crippen molar-refractivity contribution in [1.82, 2.24) is 4.57 Å². The van der Waals surface area contributed by atoms with E-state index in [4.69, 9.17) is 11.5 Å². The first kappa shape index (κ1) is 14.9. The lowest BCUT2D eigenvalue weighted by Gasteiger charge is -2.11. The molecule has 2 aromatic carbocycles. The maximum absolute atomic E-state index is 12.1. The molecule has 0 unspecified atom stereocenters. The Hall–Kier alpha value is -3.02. The number of amides is 1. The summed E-state index contributed by atoms with van der Waals surface area (Å²) in [6.45, 7) is 4.10. The number of phenolic OH excluding ortho intramolecular Hbond substituents is 1. The van der Waals surface area contributed by atoms with Gasteiger partial charge in [0.05, 0.1) is 11.0 Å². The summed E-state index contributed by atoms with van der Waals surface area (Å²) in [4.78, 5) is 15.6. The van der Waals surface area contributed by atoms with E-state index >= 15 is 0 Å². The summed E-state index contributed by atoms with van der Waals surface area (Å²) in [7, 11) is 0. The van der Waals surface area contributed by atoms with Crippen LogP contribution in [0.15, 0.2) is 41.4 Å². The number of carbonyl (C=O) groups is 1. The van der Waals surface area contributed by atoms with Crippen molar-refractivity contribution in [1.29, 1.82) is 0 Å². The predicted octanol–water partition coefficient (Wildman–Crippen LogP) is 2.49. The molecule has 0 spiro atoms. The SMILES string of the molecule is CC(C)n1c2cc(C(=O)N=C(N)N)ccc2c2c(O)cccc21. The van der Waals surface area contributed by atoms with Crippen molar-refractivity contribution in [3.8, 4) is 5.75 Å². The van der Waals surface area contributed by atoms with Crippen LogP contribution in [0.25, 0.3) is 21.8 Å². The number of nitrogens with zero attached hydrogens (tertiary/aromatic N) is 2. The Bertz CT molecular complexity index is 950. The van der Waals surface area contributed by atoms with Gasteiger partial charge >= 0.3 is 0 Å². The van der Waals surface area contributed by atoms with Crippen molar-refractivity contribution < 1.29 is 9.90 Å². The number of benzene rings is 2. The minimum atomic E-state index is -0.489. The second-order valence-electron chi connectivity index (χ2n) is 5.71. The molecule has 6 nitrogen and oxygen atoms in total. The largest absolute Gasteiger partial charge is 0.507 e. The van der Waals surface area contributed by atoms with Gasteiger partial charge in [0, 0.05) is 22.4 Å². The quantitative estimate of drug-likeness (QED) is 0.499. The van der Waals surface area contributed by atoms with Crippen molar-refractivity contribution in [3.63, 3.8) is 0 Å². The van der Waals surface area contributed by atoms with Crippen molar-refractivity contribution in [2.24, 2.45) is 16.5 Å². The van der Waals surface area contributed by atoms with Gasteiger partial charge in [0.15, 0.2) is 5.96 Å². The van der Waals surface area contributed by atoms with E-state index in [1.54, 1.807) is 24.3 Å². The van der Waals surface area contributed by atoms with Crippen molar-refractivity contribution in [2.45, 2.75) is 19.9 Å². The molecule has 1 aromatic heterocycles. The number of carbonyl (C=O) groups excluding carboxylic acids is 1. The van der Waals surface area contributed by atoms with Crippen LogP contribution in [0, 0.1) is 0 Å². The summed E-state index contributed by atoms with van der Waals surface area (Å²) in [6.07, 6.45) is 0. The Morgan fingerprint density at radius 3 is 2.57 bits per heavy atom. The molecule has 118 valence electrons. The average Bonchev–Trinajstić information content (AvgIpc) is 2.81. The fraction of sp³-hybridized carbons (Fsp3) is 0.176. The van der Waals surface area contributed by atoms with E-state index in [9.17, 15) is 9.90 Å². The van der Waals surface area contributed by atoms with Crippen LogP contribution in [0.1, 0.15) is 30.2 Å². The molecule has 0 radical (unpaired) electrons. The fourth-order valence-electron chi connectivity index (χ4n) is 2.95. The topological polar surface area (TPSA) is 107 Å².